The Hall–Kier alpha value is 2.65. The maximum absolute atomic E-state index is 5.76. The van der Waals surface area contributed by atoms with Gasteiger partial charge in [0.25, 0.3) is 0 Å². The monoisotopic (exact) mass is 371 g/mol. The van der Waals surface area contributed by atoms with Crippen molar-refractivity contribution < 1.29 is 28.1 Å². The van der Waals surface area contributed by atoms with Crippen LogP contribution in [0, 0.1) is 0 Å². The first kappa shape index (κ1) is 15.6. The average molecular weight is 374 g/mol. The molecule has 1 aliphatic rings. The third kappa shape index (κ3) is 9.57. The molecule has 0 radical (unpaired) electrons. The van der Waals surface area contributed by atoms with Gasteiger partial charge in [0.1, 0.15) is 0 Å². The molecule has 0 saturated carbocycles. The Kier molecular flexibility index (Phi) is 9.45. The summed E-state index contributed by atoms with van der Waals surface area (Å²) in [6, 6.07) is 0. The van der Waals surface area contributed by atoms with Crippen LogP contribution in [0.1, 0.15) is 0 Å². The summed E-state index contributed by atoms with van der Waals surface area (Å²) >= 11 is -4.85. The zero-order valence-corrected chi connectivity index (χ0v) is 13.8. The second kappa shape index (κ2) is 7.85. The molecule has 0 spiro atoms. The molecule has 0 saturated heterocycles. The Morgan fingerprint density at radius 2 is 1.23 bits per heavy atom. The summed E-state index contributed by atoms with van der Waals surface area (Å²) in [5.41, 5.74) is 0. The van der Waals surface area contributed by atoms with Crippen LogP contribution >= 0.6 is 55.8 Å². The van der Waals surface area contributed by atoms with Crippen molar-refractivity contribution in [1.29, 1.82) is 0 Å². The van der Waals surface area contributed by atoms with Crippen molar-refractivity contribution in [3.05, 3.63) is 24.3 Å². The minimum atomic E-state index is -2.94. The molecule has 8 heteroatoms. The standard InChI is InChI=1S/C5H5.6ClH.2Ti/c1-2-4-5-3-1;;;;;;;;/h1-5H;6*1H;;/q;;;;;;;2*+3/p-6. The third-order valence-corrected chi connectivity index (χ3v) is 6.02. The Morgan fingerprint density at radius 1 is 0.923 bits per heavy atom. The SMILES string of the molecule is [Cl][Ti]([Cl])([Cl])[CH]1C=CC=C1.[Cl][Ti]([Cl])[Cl]. The molecule has 0 aromatic carbocycles. The number of rotatable bonds is 1. The van der Waals surface area contributed by atoms with Crippen LogP contribution in [0.25, 0.3) is 0 Å². The molecule has 0 N–H and O–H groups in total. The van der Waals surface area contributed by atoms with Gasteiger partial charge in [0.15, 0.2) is 0 Å². The van der Waals surface area contributed by atoms with Crippen molar-refractivity contribution >= 4 is 55.8 Å². The Labute approximate surface area is 111 Å². The van der Waals surface area contributed by atoms with Gasteiger partial charge in [0.2, 0.25) is 0 Å². The summed E-state index contributed by atoms with van der Waals surface area (Å²) in [7, 11) is 32.2. The average Bonchev–Trinajstić information content (AvgIpc) is 2.31. The fraction of sp³-hybridized carbons (Fsp3) is 0.200. The first-order valence-electron chi connectivity index (χ1n) is 3.09. The fourth-order valence-electron chi connectivity index (χ4n) is 0.650. The molecule has 0 aliphatic heterocycles. The minimum absolute atomic E-state index is 0.134. The van der Waals surface area contributed by atoms with Crippen LogP contribution < -0.4 is 0 Å². The van der Waals surface area contributed by atoms with Gasteiger partial charge in [-0.05, 0) is 0 Å². The van der Waals surface area contributed by atoms with Gasteiger partial charge < -0.3 is 0 Å². The van der Waals surface area contributed by atoms with Crippen LogP contribution in [0.4, 0.5) is 0 Å². The molecule has 0 aromatic heterocycles. The molecule has 75 valence electrons. The zero-order chi connectivity index (χ0) is 10.5. The van der Waals surface area contributed by atoms with Crippen molar-refractivity contribution in [3.63, 3.8) is 0 Å². The van der Waals surface area contributed by atoms with E-state index in [1.807, 2.05) is 24.3 Å². The molecule has 0 fully saturated rings. The van der Waals surface area contributed by atoms with Gasteiger partial charge in [0.05, 0.1) is 0 Å². The number of hydrogen-bond donors (Lipinski definition) is 0. The van der Waals surface area contributed by atoms with Gasteiger partial charge in [-0.15, -0.1) is 0 Å². The van der Waals surface area contributed by atoms with E-state index in [2.05, 4.69) is 0 Å². The molecule has 0 nitrogen and oxygen atoms in total. The van der Waals surface area contributed by atoms with Crippen molar-refractivity contribution in [2.75, 3.05) is 0 Å². The molecule has 0 unspecified atom stereocenters. The summed E-state index contributed by atoms with van der Waals surface area (Å²) in [6.45, 7) is 0. The van der Waals surface area contributed by atoms with E-state index in [4.69, 9.17) is 55.8 Å². The van der Waals surface area contributed by atoms with Crippen LogP contribution in [0.2, 0.25) is 4.22 Å². The quantitative estimate of drug-likeness (QED) is 0.526. The van der Waals surface area contributed by atoms with E-state index < -0.39 is 28.1 Å². The molecule has 1 rings (SSSR count). The normalized spacial score (nSPS) is 15.5. The van der Waals surface area contributed by atoms with E-state index in [9.17, 15) is 0 Å². The Morgan fingerprint density at radius 3 is 1.38 bits per heavy atom. The van der Waals surface area contributed by atoms with Crippen LogP contribution in [0.5, 0.6) is 0 Å². The first-order chi connectivity index (χ1) is 5.84. The van der Waals surface area contributed by atoms with Crippen molar-refractivity contribution in [2.45, 2.75) is 4.22 Å². The molecule has 13 heavy (non-hydrogen) atoms. The molecule has 0 aromatic rings. The van der Waals surface area contributed by atoms with E-state index in [1.165, 1.54) is 0 Å². The van der Waals surface area contributed by atoms with Gasteiger partial charge in [-0.1, -0.05) is 0 Å². The fourth-order valence-corrected chi connectivity index (χ4v) is 3.48. The van der Waals surface area contributed by atoms with Crippen LogP contribution in [0.15, 0.2) is 24.3 Å². The summed E-state index contributed by atoms with van der Waals surface area (Å²) in [5.74, 6) is 0. The van der Waals surface area contributed by atoms with E-state index in [1.54, 1.807) is 0 Å². The van der Waals surface area contributed by atoms with E-state index in [-0.39, 0.29) is 4.22 Å². The molecular weight excluding hydrogens is 369 g/mol. The van der Waals surface area contributed by atoms with Gasteiger partial charge in [-0.3, -0.25) is 0 Å². The number of halogens is 6. The summed E-state index contributed by atoms with van der Waals surface area (Å²) in [4.78, 5) is 0. The van der Waals surface area contributed by atoms with Crippen molar-refractivity contribution in [3.8, 4) is 0 Å². The van der Waals surface area contributed by atoms with E-state index in [0.29, 0.717) is 0 Å². The van der Waals surface area contributed by atoms with Gasteiger partial charge in [-0.2, -0.15) is 0 Å². The van der Waals surface area contributed by atoms with Gasteiger partial charge >= 0.3 is 112 Å². The van der Waals surface area contributed by atoms with Gasteiger partial charge in [-0.25, -0.2) is 0 Å². The summed E-state index contributed by atoms with van der Waals surface area (Å²) in [5, 5.41) is 0. The van der Waals surface area contributed by atoms with Crippen LogP contribution in [0.3, 0.4) is 0 Å². The Bertz CT molecular complexity index is 181. The second-order valence-electron chi connectivity index (χ2n) is 2.05. The molecule has 0 bridgehead atoms. The predicted molar refractivity (Wildman–Crippen MR) is 57.1 cm³/mol. The molecular formula is C5H5Cl6Ti2. The van der Waals surface area contributed by atoms with Crippen LogP contribution in [-0.2, 0) is 28.1 Å². The van der Waals surface area contributed by atoms with Gasteiger partial charge in [0, 0.05) is 0 Å². The second-order valence-corrected chi connectivity index (χ2v) is 22.3. The van der Waals surface area contributed by atoms with Crippen LogP contribution in [-0.4, -0.2) is 0 Å². The zero-order valence-electron chi connectivity index (χ0n) is 6.15. The third-order valence-electron chi connectivity index (χ3n) is 1.13. The number of hydrogen-bond acceptors (Lipinski definition) is 0. The summed E-state index contributed by atoms with van der Waals surface area (Å²) in [6.07, 6.45) is 7.70. The van der Waals surface area contributed by atoms with E-state index >= 15 is 0 Å². The van der Waals surface area contributed by atoms with Crippen molar-refractivity contribution in [1.82, 2.24) is 0 Å². The molecule has 0 amide bonds. The number of allylic oxidation sites excluding steroid dienone is 4. The molecule has 0 heterocycles. The first-order valence-corrected chi connectivity index (χ1v) is 16.9. The topological polar surface area (TPSA) is 0 Å². The Balaban J connectivity index is 0.000000310. The predicted octanol–water partition coefficient (Wildman–Crippen LogP) is 5.58. The van der Waals surface area contributed by atoms with Crippen molar-refractivity contribution in [2.24, 2.45) is 0 Å². The van der Waals surface area contributed by atoms with E-state index in [0.717, 1.165) is 0 Å². The molecule has 1 aliphatic carbocycles. The molecule has 0 atom stereocenters. The maximum atomic E-state index is 5.76. The summed E-state index contributed by atoms with van der Waals surface area (Å²) < 4.78 is 0.134.